The fourth-order valence-electron chi connectivity index (χ4n) is 3.20. The van der Waals surface area contributed by atoms with Crippen LogP contribution in [0.3, 0.4) is 0 Å². The molecule has 3 aromatic carbocycles. The number of rotatable bonds is 6. The molecular weight excluding hydrogens is 426 g/mol. The van der Waals surface area contributed by atoms with Gasteiger partial charge < -0.3 is 10.1 Å². The van der Waals surface area contributed by atoms with E-state index in [1.165, 1.54) is 12.1 Å². The van der Waals surface area contributed by atoms with Crippen LogP contribution in [0.1, 0.15) is 10.4 Å². The molecule has 0 atom stereocenters. The predicted octanol–water partition coefficient (Wildman–Crippen LogP) is 4.20. The number of nitrogens with zero attached hydrogens (tertiary/aromatic N) is 2. The van der Waals surface area contributed by atoms with E-state index in [9.17, 15) is 13.2 Å². The summed E-state index contributed by atoms with van der Waals surface area (Å²) in [5, 5.41) is 7.47. The van der Waals surface area contributed by atoms with Gasteiger partial charge in [0.15, 0.2) is 9.84 Å². The molecule has 4 aromatic rings. The molecule has 1 heterocycles. The van der Waals surface area contributed by atoms with Gasteiger partial charge in [-0.3, -0.25) is 4.79 Å². The Morgan fingerprint density at radius 3 is 2.19 bits per heavy atom. The van der Waals surface area contributed by atoms with Gasteiger partial charge in [-0.2, -0.15) is 5.10 Å². The lowest BCUT2D eigenvalue weighted by Crippen LogP contribution is -2.12. The second-order valence-corrected chi connectivity index (χ2v) is 9.17. The maximum absolute atomic E-state index is 13.2. The number of para-hydroxylation sites is 1. The van der Waals surface area contributed by atoms with Gasteiger partial charge in [0.25, 0.3) is 5.91 Å². The normalized spacial score (nSPS) is 11.2. The van der Waals surface area contributed by atoms with Crippen molar-refractivity contribution < 1.29 is 17.9 Å². The number of sulfone groups is 1. The third-order valence-corrected chi connectivity index (χ3v) is 6.01. The molecule has 0 aliphatic carbocycles. The molecular formula is C24H21N3O4S. The molecule has 0 unspecified atom stereocenters. The Hall–Kier alpha value is -3.91. The number of hydrogen-bond acceptors (Lipinski definition) is 5. The third-order valence-electron chi connectivity index (χ3n) is 4.88. The van der Waals surface area contributed by atoms with Gasteiger partial charge in [0.1, 0.15) is 11.4 Å². The first kappa shape index (κ1) is 21.3. The Morgan fingerprint density at radius 1 is 0.938 bits per heavy atom. The summed E-state index contributed by atoms with van der Waals surface area (Å²) in [6.45, 7) is 0. The fraction of sp³-hybridized carbons (Fsp3) is 0.0833. The van der Waals surface area contributed by atoms with Crippen molar-refractivity contribution in [1.82, 2.24) is 9.78 Å². The number of ether oxygens (including phenoxy) is 1. The Bertz CT molecular complexity index is 1340. The first-order chi connectivity index (χ1) is 15.3. The highest BCUT2D eigenvalue weighted by Gasteiger charge is 2.19. The lowest BCUT2D eigenvalue weighted by molar-refractivity contribution is 0.102. The minimum absolute atomic E-state index is 0.186. The number of nitrogens with one attached hydrogen (secondary N) is 1. The fourth-order valence-corrected chi connectivity index (χ4v) is 3.83. The lowest BCUT2D eigenvalue weighted by atomic mass is 10.1. The van der Waals surface area contributed by atoms with E-state index in [1.807, 2.05) is 54.6 Å². The number of carbonyl (C=O) groups excluding carboxylic acids is 1. The molecule has 0 aliphatic rings. The summed E-state index contributed by atoms with van der Waals surface area (Å²) in [7, 11) is -1.72. The van der Waals surface area contributed by atoms with Crippen LogP contribution in [0.2, 0.25) is 0 Å². The first-order valence-corrected chi connectivity index (χ1v) is 11.7. The molecule has 1 amide bonds. The molecule has 0 aliphatic heterocycles. The Labute approximate surface area is 186 Å². The number of methoxy groups -OCH3 is 1. The lowest BCUT2D eigenvalue weighted by Gasteiger charge is -2.07. The van der Waals surface area contributed by atoms with Crippen molar-refractivity contribution in [1.29, 1.82) is 0 Å². The van der Waals surface area contributed by atoms with Crippen molar-refractivity contribution in [2.24, 2.45) is 0 Å². The molecule has 1 N–H and O–H groups in total. The van der Waals surface area contributed by atoms with Gasteiger partial charge in [0.2, 0.25) is 0 Å². The first-order valence-electron chi connectivity index (χ1n) is 9.76. The largest absolute Gasteiger partial charge is 0.497 e. The number of anilines is 1. The van der Waals surface area contributed by atoms with Crippen molar-refractivity contribution in [3.8, 4) is 22.7 Å². The molecule has 4 rings (SSSR count). The molecule has 0 fully saturated rings. The van der Waals surface area contributed by atoms with Crippen LogP contribution >= 0.6 is 0 Å². The van der Waals surface area contributed by atoms with Crippen molar-refractivity contribution in [3.05, 3.63) is 90.6 Å². The Kier molecular flexibility index (Phi) is 5.79. The maximum Gasteiger partial charge on any atom is 0.259 e. The smallest absolute Gasteiger partial charge is 0.259 e. The molecule has 0 saturated heterocycles. The standard InChI is InChI=1S/C24H21N3O4S/c1-31-20-12-8-17(9-13-20)23-22(16-27(26-23)19-6-4-3-5-7-19)24(28)25-18-10-14-21(15-11-18)32(2,29)30/h3-16H,1-2H3,(H,25,28). The highest BCUT2D eigenvalue weighted by atomic mass is 32.2. The Balaban J connectivity index is 1.70. The monoisotopic (exact) mass is 447 g/mol. The quantitative estimate of drug-likeness (QED) is 0.478. The van der Waals surface area contributed by atoms with Crippen LogP contribution in [-0.2, 0) is 9.84 Å². The SMILES string of the molecule is COc1ccc(-c2nn(-c3ccccc3)cc2C(=O)Nc2ccc(S(C)(=O)=O)cc2)cc1. The summed E-state index contributed by atoms with van der Waals surface area (Å²) >= 11 is 0. The molecule has 0 bridgehead atoms. The van der Waals surface area contributed by atoms with Crippen LogP contribution < -0.4 is 10.1 Å². The number of benzene rings is 3. The summed E-state index contributed by atoms with van der Waals surface area (Å²) in [5.74, 6) is 0.346. The summed E-state index contributed by atoms with van der Waals surface area (Å²) in [6, 6.07) is 22.8. The number of aromatic nitrogens is 2. The molecule has 162 valence electrons. The molecule has 7 nitrogen and oxygen atoms in total. The van der Waals surface area contributed by atoms with Gasteiger partial charge in [-0.1, -0.05) is 18.2 Å². The van der Waals surface area contributed by atoms with Crippen LogP contribution in [0.4, 0.5) is 5.69 Å². The maximum atomic E-state index is 13.2. The minimum atomic E-state index is -3.31. The summed E-state index contributed by atoms with van der Waals surface area (Å²) in [4.78, 5) is 13.3. The molecule has 8 heteroatoms. The van der Waals surface area contributed by atoms with E-state index in [-0.39, 0.29) is 10.8 Å². The van der Waals surface area contributed by atoms with Crippen molar-refractivity contribution in [2.45, 2.75) is 4.90 Å². The van der Waals surface area contributed by atoms with Gasteiger partial charge in [-0.15, -0.1) is 0 Å². The summed E-state index contributed by atoms with van der Waals surface area (Å²) < 4.78 is 30.2. The van der Waals surface area contributed by atoms with E-state index in [4.69, 9.17) is 4.74 Å². The van der Waals surface area contributed by atoms with Gasteiger partial charge in [-0.25, -0.2) is 13.1 Å². The second-order valence-electron chi connectivity index (χ2n) is 7.15. The zero-order chi connectivity index (χ0) is 22.7. The van der Waals surface area contributed by atoms with Crippen molar-refractivity contribution >= 4 is 21.4 Å². The van der Waals surface area contributed by atoms with Crippen LogP contribution in [0.15, 0.2) is 90.0 Å². The average Bonchev–Trinajstić information content (AvgIpc) is 3.25. The van der Waals surface area contributed by atoms with Gasteiger partial charge in [0, 0.05) is 23.7 Å². The third kappa shape index (κ3) is 4.55. The molecule has 0 radical (unpaired) electrons. The number of carbonyl (C=O) groups is 1. The topological polar surface area (TPSA) is 90.3 Å². The average molecular weight is 448 g/mol. The van der Waals surface area contributed by atoms with Gasteiger partial charge in [0.05, 0.1) is 23.3 Å². The highest BCUT2D eigenvalue weighted by Crippen LogP contribution is 2.27. The summed E-state index contributed by atoms with van der Waals surface area (Å²) in [5.41, 5.74) is 2.96. The zero-order valence-corrected chi connectivity index (χ0v) is 18.3. The van der Waals surface area contributed by atoms with E-state index in [0.717, 1.165) is 17.5 Å². The van der Waals surface area contributed by atoms with Gasteiger partial charge >= 0.3 is 0 Å². The van der Waals surface area contributed by atoms with E-state index in [0.29, 0.717) is 22.7 Å². The van der Waals surface area contributed by atoms with Crippen molar-refractivity contribution in [2.75, 3.05) is 18.7 Å². The molecule has 0 spiro atoms. The van der Waals surface area contributed by atoms with E-state index in [1.54, 1.807) is 30.1 Å². The Morgan fingerprint density at radius 2 is 1.59 bits per heavy atom. The van der Waals surface area contributed by atoms with E-state index in [2.05, 4.69) is 10.4 Å². The van der Waals surface area contributed by atoms with Crippen molar-refractivity contribution in [3.63, 3.8) is 0 Å². The minimum Gasteiger partial charge on any atom is -0.497 e. The molecule has 32 heavy (non-hydrogen) atoms. The predicted molar refractivity (Wildman–Crippen MR) is 123 cm³/mol. The number of hydrogen-bond donors (Lipinski definition) is 1. The van der Waals surface area contributed by atoms with Gasteiger partial charge in [-0.05, 0) is 60.7 Å². The second kappa shape index (κ2) is 8.68. The molecule has 0 saturated carbocycles. The zero-order valence-electron chi connectivity index (χ0n) is 17.5. The number of amides is 1. The van der Waals surface area contributed by atoms with Crippen LogP contribution in [0, 0.1) is 0 Å². The van der Waals surface area contributed by atoms with E-state index < -0.39 is 9.84 Å². The van der Waals surface area contributed by atoms with Crippen LogP contribution in [0.25, 0.3) is 16.9 Å². The summed E-state index contributed by atoms with van der Waals surface area (Å²) in [6.07, 6.45) is 2.81. The van der Waals surface area contributed by atoms with E-state index >= 15 is 0 Å². The highest BCUT2D eigenvalue weighted by molar-refractivity contribution is 7.90. The molecule has 1 aromatic heterocycles. The van der Waals surface area contributed by atoms with Crippen LogP contribution in [0.5, 0.6) is 5.75 Å². The van der Waals surface area contributed by atoms with Crippen LogP contribution in [-0.4, -0.2) is 37.5 Å².